The van der Waals surface area contributed by atoms with Crippen molar-refractivity contribution in [1.82, 2.24) is 0 Å². The summed E-state index contributed by atoms with van der Waals surface area (Å²) in [6.45, 7) is 6.54. The predicted molar refractivity (Wildman–Crippen MR) is 121 cm³/mol. The second-order valence-electron chi connectivity index (χ2n) is 8.38. The average Bonchev–Trinajstić information content (AvgIpc) is 2.72. The lowest BCUT2D eigenvalue weighted by Gasteiger charge is -2.19. The van der Waals surface area contributed by atoms with Crippen LogP contribution >= 0.6 is 0 Å². The van der Waals surface area contributed by atoms with Gasteiger partial charge in [0.05, 0.1) is 4.92 Å². The number of amides is 1. The zero-order chi connectivity index (χ0) is 21.7. The number of rotatable bonds is 6. The first-order valence-corrected chi connectivity index (χ1v) is 9.96. The van der Waals surface area contributed by atoms with Crippen LogP contribution in [-0.2, 0) is 16.6 Å². The molecular weight excluding hydrogens is 376 g/mol. The third-order valence-electron chi connectivity index (χ3n) is 5.02. The molecule has 154 valence electrons. The van der Waals surface area contributed by atoms with Gasteiger partial charge in [-0.1, -0.05) is 69.3 Å². The van der Waals surface area contributed by atoms with Gasteiger partial charge in [0.15, 0.2) is 0 Å². The lowest BCUT2D eigenvalue weighted by molar-refractivity contribution is -0.384. The Kier molecular flexibility index (Phi) is 6.31. The zero-order valence-electron chi connectivity index (χ0n) is 17.5. The molecule has 0 aliphatic heterocycles. The van der Waals surface area contributed by atoms with Gasteiger partial charge in [0, 0.05) is 24.2 Å². The molecule has 0 aromatic heterocycles. The van der Waals surface area contributed by atoms with Crippen molar-refractivity contribution < 1.29 is 9.72 Å². The van der Waals surface area contributed by atoms with E-state index in [1.807, 2.05) is 30.3 Å². The van der Waals surface area contributed by atoms with Crippen molar-refractivity contribution in [1.29, 1.82) is 0 Å². The van der Waals surface area contributed by atoms with Crippen molar-refractivity contribution in [3.63, 3.8) is 0 Å². The van der Waals surface area contributed by atoms with Crippen molar-refractivity contribution in [2.24, 2.45) is 0 Å². The molecule has 5 heteroatoms. The summed E-state index contributed by atoms with van der Waals surface area (Å²) in [7, 11) is 0. The molecule has 0 aliphatic rings. The zero-order valence-corrected chi connectivity index (χ0v) is 17.5. The molecule has 3 aromatic carbocycles. The van der Waals surface area contributed by atoms with E-state index >= 15 is 0 Å². The first kappa shape index (κ1) is 21.2. The third-order valence-corrected chi connectivity index (χ3v) is 5.02. The van der Waals surface area contributed by atoms with E-state index < -0.39 is 4.92 Å². The molecule has 0 saturated carbocycles. The molecule has 1 N–H and O–H groups in total. The first-order chi connectivity index (χ1) is 14.2. The van der Waals surface area contributed by atoms with Gasteiger partial charge in [-0.25, -0.2) is 0 Å². The molecule has 0 aliphatic carbocycles. The second kappa shape index (κ2) is 8.91. The molecular formula is C25H26N2O3. The second-order valence-corrected chi connectivity index (χ2v) is 8.38. The van der Waals surface area contributed by atoms with Crippen molar-refractivity contribution >= 4 is 17.3 Å². The predicted octanol–water partition coefficient (Wildman–Crippen LogP) is 6.13. The maximum Gasteiger partial charge on any atom is 0.270 e. The normalized spacial score (nSPS) is 11.2. The number of nitro benzene ring substituents is 1. The highest BCUT2D eigenvalue weighted by Crippen LogP contribution is 2.25. The number of anilines is 1. The highest BCUT2D eigenvalue weighted by atomic mass is 16.6. The van der Waals surface area contributed by atoms with E-state index in [1.54, 1.807) is 12.1 Å². The minimum atomic E-state index is -0.408. The van der Waals surface area contributed by atoms with Crippen LogP contribution in [-0.4, -0.2) is 10.8 Å². The van der Waals surface area contributed by atoms with Gasteiger partial charge in [-0.3, -0.25) is 14.9 Å². The Morgan fingerprint density at radius 3 is 2.20 bits per heavy atom. The van der Waals surface area contributed by atoms with Crippen molar-refractivity contribution in [2.75, 3.05) is 5.32 Å². The maximum atomic E-state index is 12.3. The molecule has 0 radical (unpaired) electrons. The van der Waals surface area contributed by atoms with Gasteiger partial charge >= 0.3 is 0 Å². The summed E-state index contributed by atoms with van der Waals surface area (Å²) in [5.41, 5.74) is 4.92. The van der Waals surface area contributed by atoms with E-state index in [1.165, 1.54) is 11.6 Å². The topological polar surface area (TPSA) is 72.2 Å². The van der Waals surface area contributed by atoms with Gasteiger partial charge in [-0.2, -0.15) is 0 Å². The molecule has 0 bridgehead atoms. The lowest BCUT2D eigenvalue weighted by atomic mass is 9.86. The molecule has 0 spiro atoms. The lowest BCUT2D eigenvalue weighted by Crippen LogP contribution is -2.13. The van der Waals surface area contributed by atoms with E-state index in [0.717, 1.165) is 16.7 Å². The van der Waals surface area contributed by atoms with Crippen LogP contribution in [0.25, 0.3) is 11.1 Å². The summed E-state index contributed by atoms with van der Waals surface area (Å²) in [6.07, 6.45) is 1.09. The summed E-state index contributed by atoms with van der Waals surface area (Å²) in [6, 6.07) is 22.2. The van der Waals surface area contributed by atoms with Gasteiger partial charge in [0.1, 0.15) is 0 Å². The van der Waals surface area contributed by atoms with Crippen LogP contribution in [0.15, 0.2) is 72.8 Å². The van der Waals surface area contributed by atoms with Crippen LogP contribution in [0, 0.1) is 10.1 Å². The van der Waals surface area contributed by atoms with Crippen LogP contribution in [0.4, 0.5) is 11.4 Å². The number of non-ortho nitro benzene ring substituents is 1. The largest absolute Gasteiger partial charge is 0.326 e. The molecule has 0 unspecified atom stereocenters. The monoisotopic (exact) mass is 402 g/mol. The average molecular weight is 402 g/mol. The van der Waals surface area contributed by atoms with Crippen LogP contribution in [0.5, 0.6) is 0 Å². The Balaban J connectivity index is 1.57. The van der Waals surface area contributed by atoms with Gasteiger partial charge < -0.3 is 5.32 Å². The standard InChI is InChI=1S/C25H26N2O3/c1-25(2,3)21-12-7-18(8-13-21)9-16-24(28)26-22-14-10-19(11-15-22)20-5-4-6-23(17-20)27(29)30/h4-8,10-15,17H,9,16H2,1-3H3,(H,26,28). The van der Waals surface area contributed by atoms with E-state index in [9.17, 15) is 14.9 Å². The first-order valence-electron chi connectivity index (χ1n) is 9.96. The summed E-state index contributed by atoms with van der Waals surface area (Å²) < 4.78 is 0. The molecule has 30 heavy (non-hydrogen) atoms. The Labute approximate surface area is 176 Å². The van der Waals surface area contributed by atoms with Gasteiger partial charge in [-0.05, 0) is 46.2 Å². The Morgan fingerprint density at radius 2 is 1.60 bits per heavy atom. The number of hydrogen-bond donors (Lipinski definition) is 1. The summed E-state index contributed by atoms with van der Waals surface area (Å²) in [5, 5.41) is 13.9. The minimum absolute atomic E-state index is 0.0435. The summed E-state index contributed by atoms with van der Waals surface area (Å²) in [4.78, 5) is 22.8. The van der Waals surface area contributed by atoms with E-state index in [2.05, 4.69) is 50.4 Å². The summed E-state index contributed by atoms with van der Waals surface area (Å²) in [5.74, 6) is -0.0435. The molecule has 0 heterocycles. The van der Waals surface area contributed by atoms with E-state index in [4.69, 9.17) is 0 Å². The Bertz CT molecular complexity index is 1030. The molecule has 0 saturated heterocycles. The fourth-order valence-electron chi connectivity index (χ4n) is 3.20. The van der Waals surface area contributed by atoms with Gasteiger partial charge in [-0.15, -0.1) is 0 Å². The molecule has 0 fully saturated rings. The number of benzene rings is 3. The quantitative estimate of drug-likeness (QED) is 0.398. The summed E-state index contributed by atoms with van der Waals surface area (Å²) >= 11 is 0. The molecule has 0 atom stereocenters. The molecule has 3 aromatic rings. The Morgan fingerprint density at radius 1 is 0.933 bits per heavy atom. The molecule has 1 amide bonds. The van der Waals surface area contributed by atoms with Crippen molar-refractivity contribution in [3.05, 3.63) is 94.0 Å². The molecule has 5 nitrogen and oxygen atoms in total. The number of nitrogens with one attached hydrogen (secondary N) is 1. The third kappa shape index (κ3) is 5.54. The van der Waals surface area contributed by atoms with Crippen molar-refractivity contribution in [2.45, 2.75) is 39.0 Å². The van der Waals surface area contributed by atoms with Crippen LogP contribution in [0.2, 0.25) is 0 Å². The highest BCUT2D eigenvalue weighted by Gasteiger charge is 2.13. The molecule has 3 rings (SSSR count). The van der Waals surface area contributed by atoms with Crippen LogP contribution in [0.3, 0.4) is 0 Å². The smallest absolute Gasteiger partial charge is 0.270 e. The number of nitrogens with zero attached hydrogens (tertiary/aromatic N) is 1. The SMILES string of the molecule is CC(C)(C)c1ccc(CCC(=O)Nc2ccc(-c3cccc([N+](=O)[O-])c3)cc2)cc1. The number of carbonyl (C=O) groups excluding carboxylic acids is 1. The minimum Gasteiger partial charge on any atom is -0.326 e. The Hall–Kier alpha value is -3.47. The van der Waals surface area contributed by atoms with Gasteiger partial charge in [0.2, 0.25) is 5.91 Å². The van der Waals surface area contributed by atoms with Crippen molar-refractivity contribution in [3.8, 4) is 11.1 Å². The highest BCUT2D eigenvalue weighted by molar-refractivity contribution is 5.91. The number of nitro groups is 1. The number of aryl methyl sites for hydroxylation is 1. The fourth-order valence-corrected chi connectivity index (χ4v) is 3.20. The number of carbonyl (C=O) groups is 1. The van der Waals surface area contributed by atoms with E-state index in [-0.39, 0.29) is 17.0 Å². The van der Waals surface area contributed by atoms with Gasteiger partial charge in [0.25, 0.3) is 5.69 Å². The number of hydrogen-bond acceptors (Lipinski definition) is 3. The van der Waals surface area contributed by atoms with Crippen LogP contribution < -0.4 is 5.32 Å². The fraction of sp³-hybridized carbons (Fsp3) is 0.240. The van der Waals surface area contributed by atoms with Crippen LogP contribution in [0.1, 0.15) is 38.3 Å². The van der Waals surface area contributed by atoms with E-state index in [0.29, 0.717) is 18.5 Å². The maximum absolute atomic E-state index is 12.3.